The Labute approximate surface area is 98.2 Å². The van der Waals surface area contributed by atoms with E-state index in [9.17, 15) is 4.79 Å². The van der Waals surface area contributed by atoms with E-state index in [4.69, 9.17) is 17.3 Å². The molecule has 0 amide bonds. The minimum Gasteiger partial charge on any atom is -0.330 e. The maximum Gasteiger partial charge on any atom is 0.251 e. The predicted octanol–water partition coefficient (Wildman–Crippen LogP) is 1.99. The first-order valence-electron chi connectivity index (χ1n) is 5.14. The summed E-state index contributed by atoms with van der Waals surface area (Å²) < 4.78 is 0. The monoisotopic (exact) mass is 236 g/mol. The zero-order valence-corrected chi connectivity index (χ0v) is 9.77. The average Bonchev–Trinajstić information content (AvgIpc) is 2.26. The zero-order chi connectivity index (χ0) is 11.7. The summed E-state index contributed by atoms with van der Waals surface area (Å²) in [5.74, 6) is 0. The Bertz CT molecular complexity index is 589. The van der Waals surface area contributed by atoms with Gasteiger partial charge in [-0.3, -0.25) is 4.79 Å². The summed E-state index contributed by atoms with van der Waals surface area (Å²) in [5, 5.41) is 1.65. The summed E-state index contributed by atoms with van der Waals surface area (Å²) in [4.78, 5) is 14.6. The highest BCUT2D eigenvalue weighted by atomic mass is 35.5. The Hall–Kier alpha value is -1.32. The van der Waals surface area contributed by atoms with Crippen LogP contribution in [0.4, 0.5) is 0 Å². The lowest BCUT2D eigenvalue weighted by Crippen LogP contribution is -2.18. The molecular weight excluding hydrogens is 224 g/mol. The Kier molecular flexibility index (Phi) is 2.99. The lowest BCUT2D eigenvalue weighted by molar-refractivity contribution is 0.938. The molecule has 16 heavy (non-hydrogen) atoms. The summed E-state index contributed by atoms with van der Waals surface area (Å²) in [7, 11) is 0. The summed E-state index contributed by atoms with van der Waals surface area (Å²) in [6.45, 7) is 2.40. The molecule has 0 saturated carbocycles. The van der Waals surface area contributed by atoms with Crippen LogP contribution in [0, 0.1) is 6.92 Å². The van der Waals surface area contributed by atoms with Gasteiger partial charge in [0.05, 0.1) is 0 Å². The van der Waals surface area contributed by atoms with Gasteiger partial charge in [0.25, 0.3) is 5.56 Å². The molecule has 0 unspecified atom stereocenters. The molecule has 3 nitrogen and oxygen atoms in total. The number of aromatic amines is 1. The number of aromatic nitrogens is 1. The van der Waals surface area contributed by atoms with E-state index in [2.05, 4.69) is 4.98 Å². The van der Waals surface area contributed by atoms with Crippen LogP contribution < -0.4 is 11.3 Å². The summed E-state index contributed by atoms with van der Waals surface area (Å²) in [6, 6.07) is 5.45. The Morgan fingerprint density at radius 1 is 1.44 bits per heavy atom. The quantitative estimate of drug-likeness (QED) is 0.838. The SMILES string of the molecule is Cc1c(CCN)c(=O)[nH]c2ccc(Cl)cc12. The Balaban J connectivity index is 2.79. The second-order valence-electron chi connectivity index (χ2n) is 3.79. The van der Waals surface area contributed by atoms with E-state index in [-0.39, 0.29) is 5.56 Å². The van der Waals surface area contributed by atoms with Gasteiger partial charge < -0.3 is 10.7 Å². The van der Waals surface area contributed by atoms with E-state index in [0.29, 0.717) is 18.0 Å². The van der Waals surface area contributed by atoms with E-state index in [1.165, 1.54) is 0 Å². The van der Waals surface area contributed by atoms with E-state index in [0.717, 1.165) is 22.0 Å². The predicted molar refractivity (Wildman–Crippen MR) is 67.1 cm³/mol. The van der Waals surface area contributed by atoms with Crippen molar-refractivity contribution in [2.24, 2.45) is 5.73 Å². The number of fused-ring (bicyclic) bond motifs is 1. The van der Waals surface area contributed by atoms with Crippen LogP contribution in [-0.4, -0.2) is 11.5 Å². The number of nitrogens with two attached hydrogens (primary N) is 1. The fourth-order valence-electron chi connectivity index (χ4n) is 1.91. The Morgan fingerprint density at radius 3 is 2.88 bits per heavy atom. The molecule has 0 bridgehead atoms. The van der Waals surface area contributed by atoms with Gasteiger partial charge in [0.2, 0.25) is 0 Å². The molecule has 1 aromatic heterocycles. The third kappa shape index (κ3) is 1.84. The number of pyridine rings is 1. The van der Waals surface area contributed by atoms with Gasteiger partial charge in [0.15, 0.2) is 0 Å². The van der Waals surface area contributed by atoms with Crippen LogP contribution in [-0.2, 0) is 6.42 Å². The molecule has 0 fully saturated rings. The fraction of sp³-hybridized carbons (Fsp3) is 0.250. The van der Waals surface area contributed by atoms with Crippen LogP contribution in [0.3, 0.4) is 0 Å². The summed E-state index contributed by atoms with van der Waals surface area (Å²) in [5.41, 5.74) is 7.96. The van der Waals surface area contributed by atoms with Crippen molar-refractivity contribution in [2.45, 2.75) is 13.3 Å². The lowest BCUT2D eigenvalue weighted by Gasteiger charge is -2.08. The van der Waals surface area contributed by atoms with Crippen molar-refractivity contribution >= 4 is 22.5 Å². The Morgan fingerprint density at radius 2 is 2.19 bits per heavy atom. The largest absolute Gasteiger partial charge is 0.330 e. The molecule has 0 atom stereocenters. The van der Waals surface area contributed by atoms with Crippen molar-refractivity contribution in [1.29, 1.82) is 0 Å². The molecule has 0 spiro atoms. The molecule has 4 heteroatoms. The maximum atomic E-state index is 11.8. The number of nitrogens with one attached hydrogen (secondary N) is 1. The number of hydrogen-bond donors (Lipinski definition) is 2. The second kappa shape index (κ2) is 4.28. The lowest BCUT2D eigenvalue weighted by atomic mass is 10.0. The third-order valence-electron chi connectivity index (χ3n) is 2.75. The van der Waals surface area contributed by atoms with Crippen molar-refractivity contribution in [2.75, 3.05) is 6.54 Å². The minimum atomic E-state index is -0.0576. The molecular formula is C12H13ClN2O. The third-order valence-corrected chi connectivity index (χ3v) is 2.99. The van der Waals surface area contributed by atoms with Gasteiger partial charge in [0.1, 0.15) is 0 Å². The number of aryl methyl sites for hydroxylation is 1. The summed E-state index contributed by atoms with van der Waals surface area (Å²) in [6.07, 6.45) is 0.587. The normalized spacial score (nSPS) is 10.9. The molecule has 1 heterocycles. The van der Waals surface area contributed by atoms with Crippen molar-refractivity contribution < 1.29 is 0 Å². The summed E-state index contributed by atoms with van der Waals surface area (Å²) >= 11 is 5.94. The van der Waals surface area contributed by atoms with Crippen LogP contribution in [0.2, 0.25) is 5.02 Å². The van der Waals surface area contributed by atoms with Gasteiger partial charge in [-0.2, -0.15) is 0 Å². The number of halogens is 1. The van der Waals surface area contributed by atoms with Gasteiger partial charge in [0, 0.05) is 21.5 Å². The van der Waals surface area contributed by atoms with Crippen molar-refractivity contribution in [1.82, 2.24) is 4.98 Å². The van der Waals surface area contributed by atoms with Gasteiger partial charge in [-0.1, -0.05) is 11.6 Å². The number of benzene rings is 1. The van der Waals surface area contributed by atoms with Crippen LogP contribution in [0.15, 0.2) is 23.0 Å². The first kappa shape index (κ1) is 11.2. The van der Waals surface area contributed by atoms with E-state index in [1.807, 2.05) is 19.1 Å². The maximum absolute atomic E-state index is 11.8. The van der Waals surface area contributed by atoms with Crippen LogP contribution in [0.5, 0.6) is 0 Å². The zero-order valence-electron chi connectivity index (χ0n) is 9.01. The first-order chi connectivity index (χ1) is 7.63. The fourth-order valence-corrected chi connectivity index (χ4v) is 2.08. The van der Waals surface area contributed by atoms with Gasteiger partial charge >= 0.3 is 0 Å². The standard InChI is InChI=1S/C12H13ClN2O/c1-7-9(4-5-14)12(16)15-11-3-2-8(13)6-10(7)11/h2-3,6H,4-5,14H2,1H3,(H,15,16). The van der Waals surface area contributed by atoms with Crippen LogP contribution in [0.25, 0.3) is 10.9 Å². The molecule has 0 aliphatic rings. The molecule has 0 radical (unpaired) electrons. The molecule has 0 aliphatic heterocycles. The second-order valence-corrected chi connectivity index (χ2v) is 4.22. The van der Waals surface area contributed by atoms with Gasteiger partial charge in [-0.25, -0.2) is 0 Å². The van der Waals surface area contributed by atoms with Crippen molar-refractivity contribution in [3.8, 4) is 0 Å². The average molecular weight is 237 g/mol. The molecule has 1 aromatic carbocycles. The highest BCUT2D eigenvalue weighted by Gasteiger charge is 2.08. The van der Waals surface area contributed by atoms with Crippen LogP contribution in [0.1, 0.15) is 11.1 Å². The molecule has 84 valence electrons. The molecule has 0 aliphatic carbocycles. The van der Waals surface area contributed by atoms with Gasteiger partial charge in [-0.15, -0.1) is 0 Å². The van der Waals surface area contributed by atoms with E-state index < -0.39 is 0 Å². The molecule has 2 rings (SSSR count). The van der Waals surface area contributed by atoms with Crippen molar-refractivity contribution in [3.63, 3.8) is 0 Å². The molecule has 3 N–H and O–H groups in total. The van der Waals surface area contributed by atoms with E-state index in [1.54, 1.807) is 6.07 Å². The molecule has 2 aromatic rings. The first-order valence-corrected chi connectivity index (χ1v) is 5.52. The minimum absolute atomic E-state index is 0.0576. The highest BCUT2D eigenvalue weighted by Crippen LogP contribution is 2.21. The number of rotatable bonds is 2. The number of H-pyrrole nitrogens is 1. The van der Waals surface area contributed by atoms with Crippen LogP contribution >= 0.6 is 11.6 Å². The topological polar surface area (TPSA) is 58.9 Å². The van der Waals surface area contributed by atoms with Crippen molar-refractivity contribution in [3.05, 3.63) is 44.7 Å². The van der Waals surface area contributed by atoms with E-state index >= 15 is 0 Å². The molecule has 0 saturated heterocycles. The highest BCUT2D eigenvalue weighted by molar-refractivity contribution is 6.31. The number of hydrogen-bond acceptors (Lipinski definition) is 2. The van der Waals surface area contributed by atoms with Gasteiger partial charge in [-0.05, 0) is 43.7 Å². The smallest absolute Gasteiger partial charge is 0.251 e.